The first-order chi connectivity index (χ1) is 61.4. The van der Waals surface area contributed by atoms with Gasteiger partial charge in [0, 0.05) is 91.7 Å². The van der Waals surface area contributed by atoms with Crippen LogP contribution in [0.1, 0.15) is 140 Å². The van der Waals surface area contributed by atoms with Crippen LogP contribution in [0, 0.1) is 42.2 Å². The number of nitrogens with one attached hydrogen (secondary N) is 6. The molecule has 8 atom stereocenters. The largest absolute Gasteiger partial charge is 0.469 e. The van der Waals surface area contributed by atoms with Gasteiger partial charge in [-0.05, 0) is 165 Å². The molecule has 12 rings (SSSR count). The van der Waals surface area contributed by atoms with Gasteiger partial charge in [0.25, 0.3) is 35.4 Å². The number of halogens is 4. The van der Waals surface area contributed by atoms with Gasteiger partial charge in [0.2, 0.25) is 0 Å². The summed E-state index contributed by atoms with van der Waals surface area (Å²) in [6, 6.07) is 49.5. The van der Waals surface area contributed by atoms with Crippen molar-refractivity contribution in [1.29, 1.82) is 0 Å². The predicted octanol–water partition coefficient (Wildman–Crippen LogP) is 14.5. The molecule has 14 N–H and O–H groups in total. The molecular formula is C96H97Cl2F2N13O14S2. The van der Waals surface area contributed by atoms with Crippen LogP contribution in [-0.4, -0.2) is 132 Å². The van der Waals surface area contributed by atoms with Gasteiger partial charge in [-0.3, -0.25) is 58.4 Å². The van der Waals surface area contributed by atoms with Crippen molar-refractivity contribution in [2.45, 2.75) is 84.5 Å². The van der Waals surface area contributed by atoms with Crippen LogP contribution in [0.5, 0.6) is 0 Å². The molecule has 129 heavy (non-hydrogen) atoms. The molecule has 670 valence electrons. The van der Waals surface area contributed by atoms with Crippen molar-refractivity contribution in [1.82, 2.24) is 46.7 Å². The van der Waals surface area contributed by atoms with E-state index in [2.05, 4.69) is 73.1 Å². The number of carbonyl (C=O) groups excluding carboxylic acids is 10. The van der Waals surface area contributed by atoms with Crippen LogP contribution in [0.3, 0.4) is 0 Å². The molecule has 1 aliphatic heterocycles. The monoisotopic (exact) mass is 1830 g/mol. The molecule has 0 radical (unpaired) electrons. The van der Waals surface area contributed by atoms with Gasteiger partial charge in [-0.2, -0.15) is 5.10 Å². The summed E-state index contributed by atoms with van der Waals surface area (Å²) < 4.78 is 47.1. The topological polar surface area (TPSA) is 426 Å². The number of H-pyrrole nitrogens is 1. The SMILES string of the molecule is C=C(N)c1cccc(CC(C(=O)OC)C(C)NC(=O)c2c(-c3ccccc3)n[nH]c2C)c1.C=C(N)c1cccc(CC(C(=O)OC)C(C)NC(=O)c2ccc3c(c2)C(=O)NC3=O)c1.C=C(N)c1cccc(CC(C(=O)OC)C(C)NC(=O)c2csc(-c3ccc(F)cc3F)n2)c1.C=C(N)c1cccc(CC(C(=O)OC)C(C)NC(=O)c2csc(-c3cccc(Cl)c3Cl)n2)c1. The van der Waals surface area contributed by atoms with Gasteiger partial charge in [-0.15, -0.1) is 22.7 Å². The fraction of sp³-hybridized carbons (Fsp3) is 0.219. The summed E-state index contributed by atoms with van der Waals surface area (Å²) in [5.74, 6) is -8.51. The maximum atomic E-state index is 14.0. The highest BCUT2D eigenvalue weighted by Gasteiger charge is 2.35. The van der Waals surface area contributed by atoms with Crippen LogP contribution in [0.15, 0.2) is 219 Å². The predicted molar refractivity (Wildman–Crippen MR) is 495 cm³/mol. The summed E-state index contributed by atoms with van der Waals surface area (Å²) in [4.78, 5) is 134. The number of nitrogens with zero attached hydrogens (tertiary/aromatic N) is 3. The Hall–Kier alpha value is -14.3. The van der Waals surface area contributed by atoms with E-state index in [0.29, 0.717) is 86.0 Å². The lowest BCUT2D eigenvalue weighted by Crippen LogP contribution is -2.43. The van der Waals surface area contributed by atoms with Crippen LogP contribution in [-0.2, 0) is 63.8 Å². The van der Waals surface area contributed by atoms with Crippen molar-refractivity contribution < 1.29 is 75.7 Å². The highest BCUT2D eigenvalue weighted by Crippen LogP contribution is 2.36. The number of hydrogen-bond donors (Lipinski definition) is 10. The summed E-state index contributed by atoms with van der Waals surface area (Å²) in [5.41, 5.74) is 35.5. The van der Waals surface area contributed by atoms with Gasteiger partial charge >= 0.3 is 23.9 Å². The standard InChI is InChI=1S/C25H28N4O3.C24H23Cl2N3O3S.C24H23F2N3O3S.C23H23N3O5/c1-15(26)20-12-8-9-18(13-20)14-21(25(31)32-4)16(2)27-24(30)22-17(3)28-29-23(22)19-10-6-5-7-11-19;1-13(27)16-7-4-6-15(10-16)11-18(24(31)32-3)14(2)28-22(30)20-12-33-23(29-20)17-8-5-9-19(25)21(17)26;1-13(27)16-6-4-5-15(9-16)10-19(24(31)32-3)14(2)28-22(30)21-12-33-23(29-21)18-8-7-17(25)11-20(18)26;1-12(24)15-6-4-5-14(9-15)10-18(23(30)31-3)13(2)25-20(27)16-7-8-17-19(11-16)22(29)26-21(17)28/h5-13,16,21H,1,14,26H2,2-4H3,(H,27,30)(H,28,29);4-10,12,14,18H,1,11,27H2,2-3H3,(H,28,30);4-9,11-12,14,19H,1,10,27H2,2-3H3,(H,28,30);4-9,11,13,18H,1,10,24H2,2-3H3,(H,25,27)(H,26,28,29). The van der Waals surface area contributed by atoms with E-state index in [9.17, 15) is 56.7 Å². The van der Waals surface area contributed by atoms with E-state index < -0.39 is 113 Å². The third-order valence-corrected chi connectivity index (χ3v) is 23.5. The molecule has 8 unspecified atom stereocenters. The van der Waals surface area contributed by atoms with Crippen molar-refractivity contribution in [3.8, 4) is 32.4 Å². The molecule has 11 aromatic rings. The van der Waals surface area contributed by atoms with Gasteiger partial charge in [0.05, 0.1) is 78.8 Å². The molecule has 0 spiro atoms. The first-order valence-corrected chi connectivity index (χ1v) is 42.5. The Morgan fingerprint density at radius 2 is 0.806 bits per heavy atom. The van der Waals surface area contributed by atoms with Gasteiger partial charge in [0.15, 0.2) is 0 Å². The second-order valence-corrected chi connectivity index (χ2v) is 32.6. The first-order valence-electron chi connectivity index (χ1n) is 40.0. The average Bonchev–Trinajstić information content (AvgIpc) is 1.67. The maximum Gasteiger partial charge on any atom is 0.311 e. The van der Waals surface area contributed by atoms with Crippen molar-refractivity contribution in [2.24, 2.45) is 46.6 Å². The van der Waals surface area contributed by atoms with E-state index in [0.717, 1.165) is 73.5 Å². The van der Waals surface area contributed by atoms with E-state index in [1.807, 2.05) is 127 Å². The van der Waals surface area contributed by atoms with Crippen molar-refractivity contribution in [3.05, 3.63) is 325 Å². The molecule has 0 saturated carbocycles. The Labute approximate surface area is 762 Å². The Morgan fingerprint density at radius 1 is 0.434 bits per heavy atom. The number of nitrogens with two attached hydrogens (primary N) is 4. The van der Waals surface area contributed by atoms with Crippen LogP contribution in [0.25, 0.3) is 55.2 Å². The minimum Gasteiger partial charge on any atom is -0.469 e. The lowest BCUT2D eigenvalue weighted by molar-refractivity contribution is -0.147. The number of rotatable bonds is 31. The number of thiazole rings is 2. The molecule has 8 aromatic carbocycles. The number of ether oxygens (including phenoxy) is 4. The summed E-state index contributed by atoms with van der Waals surface area (Å²) in [5, 5.41) is 25.5. The summed E-state index contributed by atoms with van der Waals surface area (Å²) in [6.07, 6.45) is 1.36. The zero-order valence-electron chi connectivity index (χ0n) is 71.9. The van der Waals surface area contributed by atoms with Crippen molar-refractivity contribution in [3.63, 3.8) is 0 Å². The number of aromatic nitrogens is 4. The number of methoxy groups -OCH3 is 4. The van der Waals surface area contributed by atoms with E-state index >= 15 is 0 Å². The molecule has 0 aliphatic carbocycles. The second kappa shape index (κ2) is 45.8. The molecule has 6 amide bonds. The lowest BCUT2D eigenvalue weighted by Gasteiger charge is -2.23. The number of amides is 6. The van der Waals surface area contributed by atoms with Gasteiger partial charge in [0.1, 0.15) is 38.7 Å². The number of benzene rings is 8. The Kier molecular flexibility index (Phi) is 34.9. The summed E-state index contributed by atoms with van der Waals surface area (Å²) in [7, 11) is 5.24. The maximum absolute atomic E-state index is 14.0. The number of aryl methyl sites for hydroxylation is 1. The number of imide groups is 1. The molecular weight excluding hydrogens is 1730 g/mol. The minimum atomic E-state index is -0.766. The van der Waals surface area contributed by atoms with E-state index in [1.54, 1.807) is 58.2 Å². The van der Waals surface area contributed by atoms with Crippen LogP contribution < -0.4 is 49.5 Å². The van der Waals surface area contributed by atoms with Crippen molar-refractivity contribution in [2.75, 3.05) is 28.4 Å². The van der Waals surface area contributed by atoms with E-state index in [1.165, 1.54) is 69.4 Å². The minimum absolute atomic E-state index is 0.0654. The van der Waals surface area contributed by atoms with Gasteiger partial charge in [-0.1, -0.05) is 165 Å². The van der Waals surface area contributed by atoms with Crippen LogP contribution in [0.2, 0.25) is 10.0 Å². The van der Waals surface area contributed by atoms with E-state index in [-0.39, 0.29) is 44.6 Å². The zero-order chi connectivity index (χ0) is 94.2. The molecule has 33 heteroatoms. The molecule has 0 fully saturated rings. The van der Waals surface area contributed by atoms with Gasteiger partial charge < -0.3 is 63.1 Å². The highest BCUT2D eigenvalue weighted by atomic mass is 35.5. The number of esters is 4. The van der Waals surface area contributed by atoms with Crippen molar-refractivity contribution >= 4 is 128 Å². The third-order valence-electron chi connectivity index (χ3n) is 20.9. The molecule has 4 heterocycles. The molecule has 0 saturated heterocycles. The number of carbonyl (C=O) groups is 10. The lowest BCUT2D eigenvalue weighted by atomic mass is 9.91. The highest BCUT2D eigenvalue weighted by molar-refractivity contribution is 7.13. The van der Waals surface area contributed by atoms with Gasteiger partial charge in [-0.25, -0.2) is 18.7 Å². The normalized spacial score (nSPS) is 13.0. The Morgan fingerprint density at radius 3 is 1.20 bits per heavy atom. The Balaban J connectivity index is 0.000000194. The number of aromatic amines is 1. The molecule has 1 aliphatic rings. The summed E-state index contributed by atoms with van der Waals surface area (Å²) in [6.45, 7) is 23.7. The fourth-order valence-electron chi connectivity index (χ4n) is 13.8. The van der Waals surface area contributed by atoms with Crippen LogP contribution >= 0.6 is 45.9 Å². The summed E-state index contributed by atoms with van der Waals surface area (Å²) >= 11 is 14.7. The molecule has 27 nitrogen and oxygen atoms in total. The molecule has 0 bridgehead atoms. The fourth-order valence-corrected chi connectivity index (χ4v) is 15.9. The smallest absolute Gasteiger partial charge is 0.311 e. The second-order valence-electron chi connectivity index (χ2n) is 30.1. The first kappa shape index (κ1) is 98.5. The quantitative estimate of drug-likeness (QED) is 0.0110. The number of hydrogen-bond acceptors (Lipinski definition) is 23. The number of fused-ring (bicyclic) bond motifs is 1. The zero-order valence-corrected chi connectivity index (χ0v) is 75.1. The molecule has 3 aromatic heterocycles. The van der Waals surface area contributed by atoms with Crippen LogP contribution in [0.4, 0.5) is 8.78 Å². The Bertz CT molecular complexity index is 6060. The third kappa shape index (κ3) is 26.2. The van der Waals surface area contributed by atoms with E-state index in [4.69, 9.17) is 65.1 Å². The average molecular weight is 1830 g/mol.